The van der Waals surface area contributed by atoms with Gasteiger partial charge in [0.25, 0.3) is 0 Å². The molecule has 0 radical (unpaired) electrons. The van der Waals surface area contributed by atoms with Crippen molar-refractivity contribution in [1.82, 2.24) is 15.3 Å². The van der Waals surface area contributed by atoms with Gasteiger partial charge in [0.05, 0.1) is 0 Å². The fourth-order valence-electron chi connectivity index (χ4n) is 2.32. The third kappa shape index (κ3) is 2.37. The molecule has 0 unspecified atom stereocenters. The van der Waals surface area contributed by atoms with Gasteiger partial charge in [-0.2, -0.15) is 4.98 Å². The van der Waals surface area contributed by atoms with Crippen molar-refractivity contribution in [3.05, 3.63) is 51.6 Å². The minimum absolute atomic E-state index is 0.295. The molecule has 1 aliphatic heterocycles. The second-order valence-electron chi connectivity index (χ2n) is 4.71. The zero-order valence-corrected chi connectivity index (χ0v) is 10.8. The molecule has 2 heterocycles. The van der Waals surface area contributed by atoms with Crippen molar-refractivity contribution >= 4 is 11.5 Å². The molecule has 0 aliphatic carbocycles. The minimum atomic E-state index is -0.295. The Labute approximate surface area is 111 Å². The summed E-state index contributed by atoms with van der Waals surface area (Å²) in [4.78, 5) is 18.5. The summed E-state index contributed by atoms with van der Waals surface area (Å²) in [5, 5.41) is 6.57. The first-order chi connectivity index (χ1) is 9.24. The van der Waals surface area contributed by atoms with Crippen molar-refractivity contribution in [3.8, 4) is 0 Å². The van der Waals surface area contributed by atoms with Gasteiger partial charge < -0.3 is 15.6 Å². The highest BCUT2D eigenvalue weighted by Crippen LogP contribution is 2.23. The van der Waals surface area contributed by atoms with E-state index < -0.39 is 0 Å². The molecule has 0 spiro atoms. The van der Waals surface area contributed by atoms with Gasteiger partial charge in [0.15, 0.2) is 0 Å². The first-order valence-electron chi connectivity index (χ1n) is 6.39. The highest BCUT2D eigenvalue weighted by molar-refractivity contribution is 5.63. The molecule has 5 heteroatoms. The SMILES string of the molecule is Cc1ccccc1Nc1nc(=O)[nH]c2c1CNCC2. The van der Waals surface area contributed by atoms with Gasteiger partial charge in [0.2, 0.25) is 0 Å². The van der Waals surface area contributed by atoms with E-state index in [0.717, 1.165) is 42.0 Å². The normalized spacial score (nSPS) is 13.9. The van der Waals surface area contributed by atoms with Gasteiger partial charge >= 0.3 is 5.69 Å². The van der Waals surface area contributed by atoms with Crippen LogP contribution in [0.2, 0.25) is 0 Å². The Bertz CT molecular complexity index is 663. The summed E-state index contributed by atoms with van der Waals surface area (Å²) in [6.07, 6.45) is 0.829. The molecule has 0 atom stereocenters. The average molecular weight is 256 g/mol. The number of aromatic amines is 1. The van der Waals surface area contributed by atoms with Crippen LogP contribution in [0.25, 0.3) is 0 Å². The molecule has 0 bridgehead atoms. The number of nitrogens with one attached hydrogen (secondary N) is 3. The third-order valence-electron chi connectivity index (χ3n) is 3.37. The second kappa shape index (κ2) is 4.85. The van der Waals surface area contributed by atoms with Crippen molar-refractivity contribution in [2.24, 2.45) is 0 Å². The summed E-state index contributed by atoms with van der Waals surface area (Å²) in [6, 6.07) is 7.97. The number of aryl methyl sites for hydroxylation is 1. The average Bonchev–Trinajstić information content (AvgIpc) is 2.41. The van der Waals surface area contributed by atoms with E-state index in [2.05, 4.69) is 20.6 Å². The second-order valence-corrected chi connectivity index (χ2v) is 4.71. The van der Waals surface area contributed by atoms with E-state index >= 15 is 0 Å². The van der Waals surface area contributed by atoms with E-state index in [1.807, 2.05) is 31.2 Å². The Balaban J connectivity index is 2.03. The largest absolute Gasteiger partial charge is 0.347 e. The molecule has 19 heavy (non-hydrogen) atoms. The Morgan fingerprint density at radius 3 is 3.00 bits per heavy atom. The lowest BCUT2D eigenvalue weighted by Gasteiger charge is -2.20. The Hall–Kier alpha value is -2.14. The first kappa shape index (κ1) is 11.9. The van der Waals surface area contributed by atoms with Crippen LogP contribution < -0.4 is 16.3 Å². The van der Waals surface area contributed by atoms with Crippen molar-refractivity contribution < 1.29 is 0 Å². The van der Waals surface area contributed by atoms with E-state index in [1.165, 1.54) is 0 Å². The highest BCUT2D eigenvalue weighted by atomic mass is 16.1. The third-order valence-corrected chi connectivity index (χ3v) is 3.37. The number of aromatic nitrogens is 2. The van der Waals surface area contributed by atoms with Gasteiger partial charge in [0.1, 0.15) is 5.82 Å². The van der Waals surface area contributed by atoms with Gasteiger partial charge in [-0.15, -0.1) is 0 Å². The van der Waals surface area contributed by atoms with E-state index in [-0.39, 0.29) is 5.69 Å². The first-order valence-corrected chi connectivity index (χ1v) is 6.39. The number of hydrogen-bond donors (Lipinski definition) is 3. The topological polar surface area (TPSA) is 69.8 Å². The van der Waals surface area contributed by atoms with Crippen LogP contribution in [0.4, 0.5) is 11.5 Å². The predicted molar refractivity (Wildman–Crippen MR) is 74.7 cm³/mol. The number of fused-ring (bicyclic) bond motifs is 1. The molecule has 5 nitrogen and oxygen atoms in total. The number of para-hydroxylation sites is 1. The molecule has 0 amide bonds. The molecular formula is C14H16N4O. The zero-order chi connectivity index (χ0) is 13.2. The zero-order valence-electron chi connectivity index (χ0n) is 10.8. The molecule has 1 aromatic heterocycles. The molecular weight excluding hydrogens is 240 g/mol. The predicted octanol–water partition coefficient (Wildman–Crippen LogP) is 1.47. The molecule has 0 saturated carbocycles. The van der Waals surface area contributed by atoms with E-state index in [1.54, 1.807) is 0 Å². The van der Waals surface area contributed by atoms with E-state index in [0.29, 0.717) is 5.82 Å². The molecule has 3 N–H and O–H groups in total. The number of H-pyrrole nitrogens is 1. The van der Waals surface area contributed by atoms with E-state index in [4.69, 9.17) is 0 Å². The van der Waals surface area contributed by atoms with Gasteiger partial charge in [-0.3, -0.25) is 0 Å². The number of anilines is 2. The molecule has 1 aromatic carbocycles. The maximum absolute atomic E-state index is 11.6. The quantitative estimate of drug-likeness (QED) is 0.761. The lowest BCUT2D eigenvalue weighted by atomic mass is 10.1. The molecule has 2 aromatic rings. The van der Waals surface area contributed by atoms with Crippen LogP contribution in [0, 0.1) is 6.92 Å². The Morgan fingerprint density at radius 1 is 1.32 bits per heavy atom. The van der Waals surface area contributed by atoms with Crippen molar-refractivity contribution in [1.29, 1.82) is 0 Å². The van der Waals surface area contributed by atoms with E-state index in [9.17, 15) is 4.79 Å². The Kier molecular flexibility index (Phi) is 3.05. The standard InChI is InChI=1S/C14H16N4O/c1-9-4-2-3-5-11(9)16-13-10-8-15-7-6-12(10)17-14(19)18-13/h2-5,15H,6-8H2,1H3,(H2,16,17,18,19). The summed E-state index contributed by atoms with van der Waals surface area (Å²) in [7, 11) is 0. The lowest BCUT2D eigenvalue weighted by molar-refractivity contribution is 0.624. The van der Waals surface area contributed by atoms with Crippen LogP contribution in [-0.2, 0) is 13.0 Å². The Morgan fingerprint density at radius 2 is 2.16 bits per heavy atom. The monoisotopic (exact) mass is 256 g/mol. The van der Waals surface area contributed by atoms with Crippen LogP contribution in [0.15, 0.2) is 29.1 Å². The maximum atomic E-state index is 11.6. The van der Waals surface area contributed by atoms with Crippen molar-refractivity contribution in [2.75, 3.05) is 11.9 Å². The summed E-state index contributed by atoms with van der Waals surface area (Å²) in [6.45, 7) is 3.64. The molecule has 0 saturated heterocycles. The number of rotatable bonds is 2. The summed E-state index contributed by atoms with van der Waals surface area (Å²) < 4.78 is 0. The van der Waals surface area contributed by atoms with Crippen molar-refractivity contribution in [3.63, 3.8) is 0 Å². The van der Waals surface area contributed by atoms with Crippen LogP contribution in [0.5, 0.6) is 0 Å². The van der Waals surface area contributed by atoms with Crippen LogP contribution >= 0.6 is 0 Å². The van der Waals surface area contributed by atoms with Crippen LogP contribution in [0.3, 0.4) is 0 Å². The number of benzene rings is 1. The highest BCUT2D eigenvalue weighted by Gasteiger charge is 2.16. The number of nitrogens with zero attached hydrogens (tertiary/aromatic N) is 1. The fraction of sp³-hybridized carbons (Fsp3) is 0.286. The van der Waals surface area contributed by atoms with Gasteiger partial charge in [0, 0.05) is 36.5 Å². The number of hydrogen-bond acceptors (Lipinski definition) is 4. The maximum Gasteiger partial charge on any atom is 0.347 e. The summed E-state index contributed by atoms with van der Waals surface area (Å²) in [5.41, 5.74) is 3.84. The smallest absolute Gasteiger partial charge is 0.340 e. The van der Waals surface area contributed by atoms with Crippen LogP contribution in [-0.4, -0.2) is 16.5 Å². The minimum Gasteiger partial charge on any atom is -0.340 e. The molecule has 0 fully saturated rings. The van der Waals surface area contributed by atoms with Gasteiger partial charge in [-0.25, -0.2) is 4.79 Å². The lowest BCUT2D eigenvalue weighted by Crippen LogP contribution is -2.29. The molecule has 98 valence electrons. The molecule has 1 aliphatic rings. The van der Waals surface area contributed by atoms with Crippen LogP contribution in [0.1, 0.15) is 16.8 Å². The van der Waals surface area contributed by atoms with Gasteiger partial charge in [-0.05, 0) is 18.6 Å². The summed E-state index contributed by atoms with van der Waals surface area (Å²) >= 11 is 0. The van der Waals surface area contributed by atoms with Gasteiger partial charge in [-0.1, -0.05) is 18.2 Å². The molecule has 3 rings (SSSR count). The van der Waals surface area contributed by atoms with Crippen molar-refractivity contribution in [2.45, 2.75) is 19.9 Å². The summed E-state index contributed by atoms with van der Waals surface area (Å²) in [5.74, 6) is 0.653. The fourth-order valence-corrected chi connectivity index (χ4v) is 2.32.